The average Bonchev–Trinajstić information content (AvgIpc) is 2.79. The normalized spacial score (nSPS) is 12.7. The zero-order chi connectivity index (χ0) is 24.2. The summed E-state index contributed by atoms with van der Waals surface area (Å²) in [5.74, 6) is -0.779. The third kappa shape index (κ3) is 8.42. The van der Waals surface area contributed by atoms with Gasteiger partial charge in [-0.15, -0.1) is 0 Å². The van der Waals surface area contributed by atoms with Gasteiger partial charge in [-0.1, -0.05) is 31.2 Å². The van der Waals surface area contributed by atoms with Gasteiger partial charge in [0.1, 0.15) is 18.5 Å². The number of ketones is 1. The number of carboxylic acids is 1. The average molecular weight is 456 g/mol. The number of ether oxygens (including phenoxy) is 2. The largest absolute Gasteiger partial charge is 0.491 e. The van der Waals surface area contributed by atoms with Gasteiger partial charge < -0.3 is 19.7 Å². The third-order valence-electron chi connectivity index (χ3n) is 4.91. The first kappa shape index (κ1) is 25.6. The lowest BCUT2D eigenvalue weighted by Gasteiger charge is -2.26. The minimum Gasteiger partial charge on any atom is -0.491 e. The van der Waals surface area contributed by atoms with Crippen LogP contribution in [-0.2, 0) is 9.53 Å². The number of allylic oxidation sites excluding steroid dienone is 1. The van der Waals surface area contributed by atoms with Gasteiger partial charge in [0.2, 0.25) is 0 Å². The molecule has 0 radical (unpaired) electrons. The minimum absolute atomic E-state index is 0.0746. The second kappa shape index (κ2) is 13.0. The summed E-state index contributed by atoms with van der Waals surface area (Å²) in [7, 11) is 0. The van der Waals surface area contributed by atoms with E-state index in [0.29, 0.717) is 35.4 Å². The van der Waals surface area contributed by atoms with E-state index < -0.39 is 18.2 Å². The molecule has 0 saturated carbocycles. The minimum atomic E-state index is -1.02. The Hall–Kier alpha value is -3.65. The van der Waals surface area contributed by atoms with Crippen LogP contribution in [-0.4, -0.2) is 41.3 Å². The quantitative estimate of drug-likeness (QED) is 0.316. The summed E-state index contributed by atoms with van der Waals surface area (Å²) in [4.78, 5) is 34.8. The van der Waals surface area contributed by atoms with Crippen molar-refractivity contribution in [2.45, 2.75) is 32.8 Å². The van der Waals surface area contributed by atoms with Crippen molar-refractivity contribution in [3.05, 3.63) is 71.8 Å². The second-order valence-electron chi connectivity index (χ2n) is 7.49. The van der Waals surface area contributed by atoms with Gasteiger partial charge in [-0.3, -0.25) is 10.1 Å². The van der Waals surface area contributed by atoms with E-state index in [1.54, 1.807) is 54.6 Å². The number of para-hydroxylation sites is 1. The van der Waals surface area contributed by atoms with Gasteiger partial charge in [0, 0.05) is 22.9 Å². The second-order valence-corrected chi connectivity index (χ2v) is 7.49. The topological polar surface area (TPSA) is 122 Å². The van der Waals surface area contributed by atoms with Crippen molar-refractivity contribution in [3.8, 4) is 5.75 Å². The number of benzene rings is 2. The van der Waals surface area contributed by atoms with E-state index in [2.05, 4.69) is 5.32 Å². The number of carbonyl (C=O) groups excluding carboxylic acids is 2. The molecule has 2 aromatic carbocycles. The number of carbonyl (C=O) groups is 3. The van der Waals surface area contributed by atoms with E-state index in [0.717, 1.165) is 6.08 Å². The van der Waals surface area contributed by atoms with Crippen LogP contribution < -0.4 is 10.1 Å². The van der Waals surface area contributed by atoms with Gasteiger partial charge in [0.25, 0.3) is 0 Å². The fraction of sp³-hybridized carbons (Fsp3) is 0.320. The molecule has 2 aromatic rings. The van der Waals surface area contributed by atoms with E-state index in [1.807, 2.05) is 6.92 Å². The summed E-state index contributed by atoms with van der Waals surface area (Å²) in [6.07, 6.45) is 2.32. The molecule has 0 saturated heterocycles. The number of carboxylic acid groups (broad SMARTS) is 1. The first-order valence-corrected chi connectivity index (χ1v) is 10.6. The van der Waals surface area contributed by atoms with Crippen molar-refractivity contribution in [1.82, 2.24) is 0 Å². The Morgan fingerprint density at radius 1 is 1.09 bits per heavy atom. The molecule has 3 N–H and O–H groups in total. The van der Waals surface area contributed by atoms with Crippen LogP contribution in [0.1, 0.15) is 48.7 Å². The molecule has 0 fully saturated rings. The van der Waals surface area contributed by atoms with Crippen LogP contribution in [0, 0.1) is 5.92 Å². The van der Waals surface area contributed by atoms with Crippen LogP contribution >= 0.6 is 0 Å². The van der Waals surface area contributed by atoms with E-state index >= 15 is 0 Å². The summed E-state index contributed by atoms with van der Waals surface area (Å²) in [5, 5.41) is 20.6. The van der Waals surface area contributed by atoms with E-state index in [1.165, 1.54) is 6.92 Å². The van der Waals surface area contributed by atoms with Crippen LogP contribution in [0.15, 0.2) is 60.7 Å². The van der Waals surface area contributed by atoms with E-state index in [-0.39, 0.29) is 24.9 Å². The van der Waals surface area contributed by atoms with Crippen molar-refractivity contribution in [2.75, 3.05) is 18.5 Å². The van der Waals surface area contributed by atoms with Crippen LogP contribution in [0.25, 0.3) is 0 Å². The van der Waals surface area contributed by atoms with Crippen LogP contribution in [0.4, 0.5) is 10.5 Å². The Balaban J connectivity index is 2.20. The number of aliphatic carboxylic acids is 1. The number of Topliss-reactive ketones (excluding diaryl/α,β-unsaturated/α-hetero) is 1. The number of hydrogen-bond donors (Lipinski definition) is 3. The Kier molecular flexibility index (Phi) is 10.1. The summed E-state index contributed by atoms with van der Waals surface area (Å²) >= 11 is 0. The summed E-state index contributed by atoms with van der Waals surface area (Å²) in [6.45, 7) is 3.29. The number of rotatable bonds is 12. The molecule has 176 valence electrons. The number of aliphatic hydroxyl groups excluding tert-OH is 1. The standard InChI is InChI=1S/C25H29NO7/c1-17(7-3-6-10-23(29)30)24(21-8-4-5-9-22(21)32-16-15-27)33-25(31)26-20-13-11-19(12-14-20)18(2)28/h4-6,8-14,17,24,27H,3,7,15-16H2,1-2H3,(H,26,31)(H,29,30)/b10-6+/t17-,24+/m1/s1. The van der Waals surface area contributed by atoms with Gasteiger partial charge >= 0.3 is 12.1 Å². The van der Waals surface area contributed by atoms with Gasteiger partial charge in [-0.2, -0.15) is 0 Å². The van der Waals surface area contributed by atoms with Crippen molar-refractivity contribution in [1.29, 1.82) is 0 Å². The zero-order valence-corrected chi connectivity index (χ0v) is 18.7. The molecule has 0 heterocycles. The van der Waals surface area contributed by atoms with Crippen LogP contribution in [0.5, 0.6) is 5.75 Å². The lowest BCUT2D eigenvalue weighted by molar-refractivity contribution is -0.131. The van der Waals surface area contributed by atoms with Crippen LogP contribution in [0.3, 0.4) is 0 Å². The highest BCUT2D eigenvalue weighted by Crippen LogP contribution is 2.35. The molecule has 0 aliphatic carbocycles. The Bertz CT molecular complexity index is 969. The Labute approximate surface area is 192 Å². The lowest BCUT2D eigenvalue weighted by Crippen LogP contribution is -2.22. The lowest BCUT2D eigenvalue weighted by atomic mass is 9.92. The molecular weight excluding hydrogens is 426 g/mol. The molecule has 0 aromatic heterocycles. The first-order valence-electron chi connectivity index (χ1n) is 10.6. The number of anilines is 1. The maximum absolute atomic E-state index is 12.7. The Morgan fingerprint density at radius 2 is 1.79 bits per heavy atom. The maximum Gasteiger partial charge on any atom is 0.412 e. The predicted molar refractivity (Wildman–Crippen MR) is 123 cm³/mol. The summed E-state index contributed by atoms with van der Waals surface area (Å²) < 4.78 is 11.4. The summed E-state index contributed by atoms with van der Waals surface area (Å²) in [6, 6.07) is 13.6. The number of amides is 1. The predicted octanol–water partition coefficient (Wildman–Crippen LogP) is 4.61. The van der Waals surface area contributed by atoms with Crippen molar-refractivity contribution >= 4 is 23.5 Å². The fourth-order valence-corrected chi connectivity index (χ4v) is 3.23. The first-order chi connectivity index (χ1) is 15.8. The van der Waals surface area contributed by atoms with Gasteiger partial charge in [-0.05, 0) is 56.0 Å². The van der Waals surface area contributed by atoms with Crippen molar-refractivity contribution < 1.29 is 34.1 Å². The summed E-state index contributed by atoms with van der Waals surface area (Å²) in [5.41, 5.74) is 1.65. The molecule has 33 heavy (non-hydrogen) atoms. The molecule has 0 spiro atoms. The van der Waals surface area contributed by atoms with Gasteiger partial charge in [0.05, 0.1) is 6.61 Å². The highest BCUT2D eigenvalue weighted by atomic mass is 16.6. The monoisotopic (exact) mass is 455 g/mol. The molecule has 8 nitrogen and oxygen atoms in total. The number of aliphatic hydroxyl groups is 1. The molecule has 0 unspecified atom stereocenters. The molecule has 8 heteroatoms. The Morgan fingerprint density at radius 3 is 2.42 bits per heavy atom. The number of hydrogen-bond acceptors (Lipinski definition) is 6. The number of nitrogens with one attached hydrogen (secondary N) is 1. The van der Waals surface area contributed by atoms with Gasteiger partial charge in [-0.25, -0.2) is 9.59 Å². The molecule has 0 aliphatic heterocycles. The molecular formula is C25H29NO7. The van der Waals surface area contributed by atoms with E-state index in [9.17, 15) is 14.4 Å². The highest BCUT2D eigenvalue weighted by Gasteiger charge is 2.26. The molecule has 2 rings (SSSR count). The SMILES string of the molecule is CC(=O)c1ccc(NC(=O)O[C@H](c2ccccc2OCCO)[C@H](C)CC/C=C/C(=O)O)cc1. The maximum atomic E-state index is 12.7. The molecule has 1 amide bonds. The van der Waals surface area contributed by atoms with Crippen molar-refractivity contribution in [3.63, 3.8) is 0 Å². The molecule has 0 bridgehead atoms. The smallest absolute Gasteiger partial charge is 0.412 e. The van der Waals surface area contributed by atoms with Crippen LogP contribution in [0.2, 0.25) is 0 Å². The molecule has 2 atom stereocenters. The van der Waals surface area contributed by atoms with E-state index in [4.69, 9.17) is 19.7 Å². The third-order valence-corrected chi connectivity index (χ3v) is 4.91. The zero-order valence-electron chi connectivity index (χ0n) is 18.7. The highest BCUT2D eigenvalue weighted by molar-refractivity contribution is 5.95. The fourth-order valence-electron chi connectivity index (χ4n) is 3.23. The van der Waals surface area contributed by atoms with Gasteiger partial charge in [0.15, 0.2) is 5.78 Å². The molecule has 0 aliphatic rings. The van der Waals surface area contributed by atoms with Crippen molar-refractivity contribution in [2.24, 2.45) is 5.92 Å².